The highest BCUT2D eigenvalue weighted by atomic mass is 35.5. The fourth-order valence-electron chi connectivity index (χ4n) is 4.42. The van der Waals surface area contributed by atoms with Gasteiger partial charge < -0.3 is 14.4 Å². The van der Waals surface area contributed by atoms with E-state index in [9.17, 15) is 18.3 Å². The Morgan fingerprint density at radius 1 is 1.24 bits per heavy atom. The maximum absolute atomic E-state index is 13.3. The van der Waals surface area contributed by atoms with Gasteiger partial charge in [-0.2, -0.15) is 4.31 Å². The maximum atomic E-state index is 13.3. The molecular formula is C24H27ClN2O5S. The van der Waals surface area contributed by atoms with Crippen LogP contribution in [0, 0.1) is 6.92 Å². The first kappa shape index (κ1) is 23.6. The molecule has 1 aliphatic rings. The standard InChI is InChI=1S/C24H27ClN2O5S/c1-15(2)32-23-7-5-19(10-16(23)3)33(30,31)27-9-8-17(12-27)21-13-26(14-24(28)29)22-6-4-18(25)11-20(21)22/h4-7,10-11,13,15,17H,8-9,12,14H2,1-3H3,(H,28,29). The monoisotopic (exact) mass is 490 g/mol. The van der Waals surface area contributed by atoms with Crippen molar-refractivity contribution in [3.05, 3.63) is 58.7 Å². The normalized spacial score (nSPS) is 17.2. The van der Waals surface area contributed by atoms with Crippen LogP contribution >= 0.6 is 11.6 Å². The molecule has 1 unspecified atom stereocenters. The largest absolute Gasteiger partial charge is 0.491 e. The van der Waals surface area contributed by atoms with Crippen LogP contribution in [0.4, 0.5) is 0 Å². The van der Waals surface area contributed by atoms with E-state index in [0.29, 0.717) is 30.3 Å². The number of benzene rings is 2. The van der Waals surface area contributed by atoms with E-state index in [4.69, 9.17) is 16.3 Å². The number of halogens is 1. The molecular weight excluding hydrogens is 464 g/mol. The Morgan fingerprint density at radius 2 is 2.00 bits per heavy atom. The maximum Gasteiger partial charge on any atom is 0.323 e. The van der Waals surface area contributed by atoms with Gasteiger partial charge in [0.2, 0.25) is 10.0 Å². The first-order valence-corrected chi connectivity index (χ1v) is 12.7. The zero-order valence-electron chi connectivity index (χ0n) is 18.8. The van der Waals surface area contributed by atoms with Gasteiger partial charge in [0.1, 0.15) is 12.3 Å². The van der Waals surface area contributed by atoms with Crippen molar-refractivity contribution in [2.45, 2.75) is 50.7 Å². The molecule has 0 saturated carbocycles. The van der Waals surface area contributed by atoms with Crippen LogP contribution in [-0.2, 0) is 21.4 Å². The molecule has 1 fully saturated rings. The summed E-state index contributed by atoms with van der Waals surface area (Å²) in [6.07, 6.45) is 2.46. The van der Waals surface area contributed by atoms with Crippen molar-refractivity contribution in [3.8, 4) is 5.75 Å². The third-order valence-electron chi connectivity index (χ3n) is 5.92. The average Bonchev–Trinajstić information content (AvgIpc) is 3.34. The summed E-state index contributed by atoms with van der Waals surface area (Å²) in [6.45, 7) is 6.23. The topological polar surface area (TPSA) is 88.8 Å². The number of fused-ring (bicyclic) bond motifs is 1. The van der Waals surface area contributed by atoms with Crippen molar-refractivity contribution in [1.82, 2.24) is 8.87 Å². The highest BCUT2D eigenvalue weighted by molar-refractivity contribution is 7.89. The second kappa shape index (κ2) is 9.00. The molecule has 0 aliphatic carbocycles. The van der Waals surface area contributed by atoms with E-state index in [2.05, 4.69) is 0 Å². The number of hydrogen-bond acceptors (Lipinski definition) is 4. The van der Waals surface area contributed by atoms with Crippen LogP contribution in [0.25, 0.3) is 10.9 Å². The number of carboxylic acid groups (broad SMARTS) is 1. The lowest BCUT2D eigenvalue weighted by molar-refractivity contribution is -0.137. The second-order valence-corrected chi connectivity index (χ2v) is 11.1. The summed E-state index contributed by atoms with van der Waals surface area (Å²) in [5, 5.41) is 10.7. The minimum absolute atomic E-state index is 0.00209. The van der Waals surface area contributed by atoms with E-state index < -0.39 is 16.0 Å². The summed E-state index contributed by atoms with van der Waals surface area (Å²) in [7, 11) is -3.67. The Labute approximate surface area is 198 Å². The van der Waals surface area contributed by atoms with Crippen molar-refractivity contribution >= 4 is 38.5 Å². The average molecular weight is 491 g/mol. The smallest absolute Gasteiger partial charge is 0.323 e. The van der Waals surface area contributed by atoms with Gasteiger partial charge in [0.25, 0.3) is 0 Å². The third kappa shape index (κ3) is 4.74. The zero-order valence-corrected chi connectivity index (χ0v) is 20.4. The number of hydrogen-bond donors (Lipinski definition) is 1. The summed E-state index contributed by atoms with van der Waals surface area (Å²) in [5.74, 6) is -0.323. The van der Waals surface area contributed by atoms with E-state index in [0.717, 1.165) is 22.0 Å². The number of aliphatic carboxylic acids is 1. The van der Waals surface area contributed by atoms with Crippen molar-refractivity contribution in [2.24, 2.45) is 0 Å². The van der Waals surface area contributed by atoms with Crippen molar-refractivity contribution in [1.29, 1.82) is 0 Å². The van der Waals surface area contributed by atoms with E-state index in [1.54, 1.807) is 34.9 Å². The minimum atomic E-state index is -3.67. The molecule has 176 valence electrons. The predicted octanol–water partition coefficient (Wildman–Crippen LogP) is 4.65. The summed E-state index contributed by atoms with van der Waals surface area (Å²) < 4.78 is 35.6. The van der Waals surface area contributed by atoms with Gasteiger partial charge in [0.05, 0.1) is 11.0 Å². The van der Waals surface area contributed by atoms with Crippen LogP contribution in [0.2, 0.25) is 5.02 Å². The van der Waals surface area contributed by atoms with Gasteiger partial charge in [-0.1, -0.05) is 11.6 Å². The number of aromatic nitrogens is 1. The van der Waals surface area contributed by atoms with E-state index >= 15 is 0 Å². The van der Waals surface area contributed by atoms with Crippen LogP contribution in [0.1, 0.15) is 37.3 Å². The number of ether oxygens (including phenoxy) is 1. The number of sulfonamides is 1. The van der Waals surface area contributed by atoms with Crippen LogP contribution < -0.4 is 4.74 Å². The molecule has 1 saturated heterocycles. The van der Waals surface area contributed by atoms with Crippen LogP contribution in [0.15, 0.2) is 47.5 Å². The lowest BCUT2D eigenvalue weighted by atomic mass is 9.98. The number of aryl methyl sites for hydroxylation is 1. The van der Waals surface area contributed by atoms with Crippen LogP contribution in [-0.4, -0.2) is 47.6 Å². The van der Waals surface area contributed by atoms with Gasteiger partial charge in [-0.15, -0.1) is 0 Å². The molecule has 1 aliphatic heterocycles. The SMILES string of the molecule is Cc1cc(S(=O)(=O)N2CCC(c3cn(CC(=O)O)c4ccc(Cl)cc34)C2)ccc1OC(C)C. The highest BCUT2D eigenvalue weighted by Gasteiger charge is 2.35. The Kier molecular flexibility index (Phi) is 6.44. The Balaban J connectivity index is 1.62. The molecule has 4 rings (SSSR count). The molecule has 1 N–H and O–H groups in total. The first-order valence-electron chi connectivity index (χ1n) is 10.8. The van der Waals surface area contributed by atoms with Crippen molar-refractivity contribution < 1.29 is 23.1 Å². The van der Waals surface area contributed by atoms with Gasteiger partial charge >= 0.3 is 5.97 Å². The fraction of sp³-hybridized carbons (Fsp3) is 0.375. The molecule has 3 aromatic rings. The lowest BCUT2D eigenvalue weighted by Gasteiger charge is -2.18. The molecule has 2 heterocycles. The first-order chi connectivity index (χ1) is 15.6. The summed E-state index contributed by atoms with van der Waals surface area (Å²) in [6, 6.07) is 10.3. The van der Waals surface area contributed by atoms with E-state index in [1.807, 2.05) is 33.0 Å². The molecule has 1 atom stereocenters. The predicted molar refractivity (Wildman–Crippen MR) is 128 cm³/mol. The Hall–Kier alpha value is -2.55. The summed E-state index contributed by atoms with van der Waals surface area (Å²) >= 11 is 6.21. The summed E-state index contributed by atoms with van der Waals surface area (Å²) in [4.78, 5) is 11.6. The Bertz CT molecular complexity index is 1320. The van der Waals surface area contributed by atoms with Crippen molar-refractivity contribution in [2.75, 3.05) is 13.1 Å². The third-order valence-corrected chi connectivity index (χ3v) is 8.01. The quantitative estimate of drug-likeness (QED) is 0.520. The van der Waals surface area contributed by atoms with Gasteiger partial charge in [0.15, 0.2) is 0 Å². The molecule has 33 heavy (non-hydrogen) atoms. The summed E-state index contributed by atoms with van der Waals surface area (Å²) in [5.41, 5.74) is 2.46. The molecule has 7 nitrogen and oxygen atoms in total. The van der Waals surface area contributed by atoms with E-state index in [-0.39, 0.29) is 23.5 Å². The van der Waals surface area contributed by atoms with Crippen LogP contribution in [0.5, 0.6) is 5.75 Å². The number of rotatable bonds is 7. The lowest BCUT2D eigenvalue weighted by Crippen LogP contribution is -2.28. The molecule has 0 bridgehead atoms. The zero-order chi connectivity index (χ0) is 23.9. The highest BCUT2D eigenvalue weighted by Crippen LogP contribution is 2.37. The van der Waals surface area contributed by atoms with Crippen LogP contribution in [0.3, 0.4) is 0 Å². The van der Waals surface area contributed by atoms with Gasteiger partial charge in [-0.05, 0) is 74.7 Å². The molecule has 2 aromatic carbocycles. The van der Waals surface area contributed by atoms with E-state index in [1.165, 1.54) is 4.31 Å². The molecule has 0 spiro atoms. The van der Waals surface area contributed by atoms with Gasteiger partial charge in [0, 0.05) is 41.1 Å². The Morgan fingerprint density at radius 3 is 2.67 bits per heavy atom. The number of carboxylic acids is 1. The number of nitrogens with zero attached hydrogens (tertiary/aromatic N) is 2. The molecule has 1 aromatic heterocycles. The number of carbonyl (C=O) groups is 1. The second-order valence-electron chi connectivity index (χ2n) is 8.71. The minimum Gasteiger partial charge on any atom is -0.491 e. The fourth-order valence-corrected chi connectivity index (χ4v) is 6.17. The van der Waals surface area contributed by atoms with Gasteiger partial charge in [-0.25, -0.2) is 8.42 Å². The molecule has 9 heteroatoms. The molecule has 0 amide bonds. The van der Waals surface area contributed by atoms with Crippen molar-refractivity contribution in [3.63, 3.8) is 0 Å². The van der Waals surface area contributed by atoms with Gasteiger partial charge in [-0.3, -0.25) is 4.79 Å². The molecule has 0 radical (unpaired) electrons.